The van der Waals surface area contributed by atoms with Crippen LogP contribution in [0.25, 0.3) is 0 Å². The number of hydrogen-bond donors (Lipinski definition) is 1. The van der Waals surface area contributed by atoms with Gasteiger partial charge in [0.05, 0.1) is 37.6 Å². The zero-order valence-electron chi connectivity index (χ0n) is 13.9. The molecular formula is C18H21NO5. The predicted molar refractivity (Wildman–Crippen MR) is 89.9 cm³/mol. The van der Waals surface area contributed by atoms with Gasteiger partial charge in [0, 0.05) is 25.3 Å². The number of carbonyl (C=O) groups excluding carboxylic acids is 2. The van der Waals surface area contributed by atoms with Crippen LogP contribution in [0.5, 0.6) is 5.75 Å². The second-order valence-corrected chi connectivity index (χ2v) is 5.43. The Morgan fingerprint density at radius 1 is 1.25 bits per heavy atom. The molecule has 0 bridgehead atoms. The lowest BCUT2D eigenvalue weighted by atomic mass is 9.91. The molecule has 0 aliphatic heterocycles. The molecule has 0 fully saturated rings. The maximum atomic E-state index is 12.2. The Labute approximate surface area is 140 Å². The van der Waals surface area contributed by atoms with Crippen LogP contribution in [0.1, 0.15) is 32.1 Å². The highest BCUT2D eigenvalue weighted by molar-refractivity contribution is 6.23. The second-order valence-electron chi connectivity index (χ2n) is 5.43. The number of nitrogens with zero attached hydrogens (tertiary/aromatic N) is 1. The zero-order chi connectivity index (χ0) is 17.5. The number of benzene rings is 1. The molecule has 1 aliphatic rings. The number of ketones is 1. The molecule has 1 aromatic carbocycles. The van der Waals surface area contributed by atoms with Gasteiger partial charge in [0.1, 0.15) is 11.5 Å². The minimum atomic E-state index is -0.392. The zero-order valence-corrected chi connectivity index (χ0v) is 13.9. The van der Waals surface area contributed by atoms with Crippen molar-refractivity contribution in [3.05, 3.63) is 35.6 Å². The van der Waals surface area contributed by atoms with E-state index in [9.17, 15) is 14.7 Å². The molecule has 0 amide bonds. The number of allylic oxidation sites excluding steroid dienone is 2. The molecule has 0 spiro atoms. The molecular weight excluding hydrogens is 310 g/mol. The van der Waals surface area contributed by atoms with E-state index in [4.69, 9.17) is 4.74 Å². The summed E-state index contributed by atoms with van der Waals surface area (Å²) in [6.45, 7) is 0. The number of aliphatic hydroxyl groups excluding tert-OH is 1. The summed E-state index contributed by atoms with van der Waals surface area (Å²) in [5.74, 6) is 0.136. The van der Waals surface area contributed by atoms with Gasteiger partial charge in [0.15, 0.2) is 5.78 Å². The van der Waals surface area contributed by atoms with Crippen molar-refractivity contribution in [2.24, 2.45) is 4.99 Å². The third-order valence-corrected chi connectivity index (χ3v) is 3.78. The van der Waals surface area contributed by atoms with Gasteiger partial charge < -0.3 is 14.6 Å². The summed E-state index contributed by atoms with van der Waals surface area (Å²) in [6, 6.07) is 7.07. The van der Waals surface area contributed by atoms with Gasteiger partial charge in [-0.2, -0.15) is 0 Å². The molecule has 6 nitrogen and oxygen atoms in total. The fourth-order valence-electron chi connectivity index (χ4n) is 2.55. The number of carbonyl (C=O) groups is 2. The van der Waals surface area contributed by atoms with Gasteiger partial charge in [-0.25, -0.2) is 0 Å². The number of aliphatic hydroxyl groups is 1. The molecule has 0 heterocycles. The van der Waals surface area contributed by atoms with Crippen LogP contribution in [-0.2, 0) is 14.3 Å². The summed E-state index contributed by atoms with van der Waals surface area (Å²) in [5, 5.41) is 10.1. The van der Waals surface area contributed by atoms with E-state index in [1.165, 1.54) is 7.11 Å². The summed E-state index contributed by atoms with van der Waals surface area (Å²) in [4.78, 5) is 28.2. The number of Topliss-reactive ketones (excluding diaryl/α,β-unsaturated/α-hetero) is 1. The van der Waals surface area contributed by atoms with Crippen molar-refractivity contribution in [3.8, 4) is 5.75 Å². The maximum Gasteiger partial charge on any atom is 0.305 e. The lowest BCUT2D eigenvalue weighted by Gasteiger charge is -2.17. The van der Waals surface area contributed by atoms with Crippen LogP contribution < -0.4 is 4.74 Å². The molecule has 0 atom stereocenters. The van der Waals surface area contributed by atoms with Crippen LogP contribution in [0, 0.1) is 0 Å². The Morgan fingerprint density at radius 2 is 2.04 bits per heavy atom. The first-order valence-electron chi connectivity index (χ1n) is 7.79. The van der Waals surface area contributed by atoms with E-state index in [-0.39, 0.29) is 30.0 Å². The van der Waals surface area contributed by atoms with Crippen LogP contribution in [0.3, 0.4) is 0 Å². The van der Waals surface area contributed by atoms with Crippen LogP contribution in [0.2, 0.25) is 0 Å². The Bertz CT molecular complexity index is 690. The van der Waals surface area contributed by atoms with E-state index in [0.717, 1.165) is 0 Å². The lowest BCUT2D eigenvalue weighted by Crippen LogP contribution is -2.20. The third kappa shape index (κ3) is 4.44. The van der Waals surface area contributed by atoms with Crippen LogP contribution >= 0.6 is 0 Å². The van der Waals surface area contributed by atoms with Gasteiger partial charge in [-0.05, 0) is 18.6 Å². The van der Waals surface area contributed by atoms with E-state index in [2.05, 4.69) is 9.73 Å². The Morgan fingerprint density at radius 3 is 2.71 bits per heavy atom. The smallest absolute Gasteiger partial charge is 0.305 e. The van der Waals surface area contributed by atoms with E-state index < -0.39 is 5.97 Å². The maximum absolute atomic E-state index is 12.2. The van der Waals surface area contributed by atoms with Crippen LogP contribution in [-0.4, -0.2) is 36.8 Å². The quantitative estimate of drug-likeness (QED) is 0.638. The number of ether oxygens (including phenoxy) is 2. The fraction of sp³-hybridized carbons (Fsp3) is 0.389. The lowest BCUT2D eigenvalue weighted by molar-refractivity contribution is -0.140. The van der Waals surface area contributed by atoms with Gasteiger partial charge in [-0.15, -0.1) is 0 Å². The van der Waals surface area contributed by atoms with Crippen molar-refractivity contribution in [2.45, 2.75) is 32.1 Å². The van der Waals surface area contributed by atoms with E-state index in [0.29, 0.717) is 36.4 Å². The van der Waals surface area contributed by atoms with Crippen LogP contribution in [0.15, 0.2) is 40.6 Å². The normalized spacial score (nSPS) is 15.4. The van der Waals surface area contributed by atoms with Gasteiger partial charge >= 0.3 is 5.97 Å². The SMILES string of the molecule is COC(=O)CCC(=Nc1cccc(OC)c1)C1=C(O)CCCC1=O. The van der Waals surface area contributed by atoms with Crippen molar-refractivity contribution < 1.29 is 24.2 Å². The molecule has 1 N–H and O–H groups in total. The standard InChI is InChI=1S/C18H21NO5/c1-23-13-6-3-5-12(11-13)19-14(9-10-17(22)24-2)18-15(20)7-4-8-16(18)21/h3,5-6,11,20H,4,7-10H2,1-2H3. The number of rotatable bonds is 6. The Kier molecular flexibility index (Phi) is 6.12. The molecule has 2 rings (SSSR count). The van der Waals surface area contributed by atoms with Crippen molar-refractivity contribution in [1.82, 2.24) is 0 Å². The molecule has 0 saturated carbocycles. The molecule has 0 radical (unpaired) electrons. The molecule has 1 aliphatic carbocycles. The Hall–Kier alpha value is -2.63. The topological polar surface area (TPSA) is 85.2 Å². The van der Waals surface area contributed by atoms with Crippen molar-refractivity contribution >= 4 is 23.2 Å². The largest absolute Gasteiger partial charge is 0.511 e. The molecule has 0 unspecified atom stereocenters. The number of aliphatic imine (C=N–C) groups is 1. The first-order valence-corrected chi connectivity index (χ1v) is 7.79. The third-order valence-electron chi connectivity index (χ3n) is 3.78. The first-order chi connectivity index (χ1) is 11.5. The van der Waals surface area contributed by atoms with Crippen molar-refractivity contribution in [3.63, 3.8) is 0 Å². The van der Waals surface area contributed by atoms with E-state index in [1.807, 2.05) is 0 Å². The number of hydrogen-bond acceptors (Lipinski definition) is 6. The summed E-state index contributed by atoms with van der Waals surface area (Å²) in [7, 11) is 2.86. The summed E-state index contributed by atoms with van der Waals surface area (Å²) >= 11 is 0. The summed E-state index contributed by atoms with van der Waals surface area (Å²) in [5.41, 5.74) is 1.22. The minimum absolute atomic E-state index is 0.0396. The van der Waals surface area contributed by atoms with Crippen molar-refractivity contribution in [2.75, 3.05) is 14.2 Å². The van der Waals surface area contributed by atoms with E-state index >= 15 is 0 Å². The highest BCUT2D eigenvalue weighted by atomic mass is 16.5. The predicted octanol–water partition coefficient (Wildman–Crippen LogP) is 3.29. The van der Waals surface area contributed by atoms with Gasteiger partial charge in [-0.1, -0.05) is 6.07 Å². The van der Waals surface area contributed by atoms with Gasteiger partial charge in [0.2, 0.25) is 0 Å². The van der Waals surface area contributed by atoms with Gasteiger partial charge in [0.25, 0.3) is 0 Å². The van der Waals surface area contributed by atoms with E-state index in [1.54, 1.807) is 31.4 Å². The first kappa shape index (κ1) is 17.7. The molecule has 128 valence electrons. The Balaban J connectivity index is 2.39. The molecule has 0 aromatic heterocycles. The molecule has 24 heavy (non-hydrogen) atoms. The molecule has 6 heteroatoms. The molecule has 0 saturated heterocycles. The average molecular weight is 331 g/mol. The number of methoxy groups -OCH3 is 2. The minimum Gasteiger partial charge on any atom is -0.511 e. The van der Waals surface area contributed by atoms with Crippen molar-refractivity contribution in [1.29, 1.82) is 0 Å². The summed E-state index contributed by atoms with van der Waals surface area (Å²) < 4.78 is 9.82. The summed E-state index contributed by atoms with van der Waals surface area (Å²) in [6.07, 6.45) is 1.74. The number of esters is 1. The van der Waals surface area contributed by atoms with Crippen LogP contribution in [0.4, 0.5) is 5.69 Å². The monoisotopic (exact) mass is 331 g/mol. The highest BCUT2D eigenvalue weighted by Gasteiger charge is 2.25. The second kappa shape index (κ2) is 8.29. The van der Waals surface area contributed by atoms with Gasteiger partial charge in [-0.3, -0.25) is 14.6 Å². The highest BCUT2D eigenvalue weighted by Crippen LogP contribution is 2.26. The molecule has 1 aromatic rings. The fourth-order valence-corrected chi connectivity index (χ4v) is 2.55. The average Bonchev–Trinajstić information content (AvgIpc) is 2.59.